The number of rotatable bonds is 7. The van der Waals surface area contributed by atoms with Crippen molar-refractivity contribution in [3.05, 3.63) is 35.5 Å². The first-order chi connectivity index (χ1) is 17.1. The summed E-state index contributed by atoms with van der Waals surface area (Å²) in [4.78, 5) is 35.7. The monoisotopic (exact) mass is 536 g/mol. The predicted molar refractivity (Wildman–Crippen MR) is 133 cm³/mol. The maximum Gasteiger partial charge on any atom is 0.433 e. The standard InChI is InChI=1S/C24H31F3N6O3Si/c1-23(2,3)37(5,6)36-10-9-33-18(21(34)31(4)22(33)35)13-32-14-28-20(30-32)16-11-17(15-7-8-15)29-19(12-16)24(25,26)27/h11-15H,7-10H2,1-6H3. The summed E-state index contributed by atoms with van der Waals surface area (Å²) in [6.07, 6.45) is -0.382. The largest absolute Gasteiger partial charge is 0.433 e. The molecule has 3 amide bonds. The number of likely N-dealkylation sites (N-methyl/N-ethyl adjacent to an activating group) is 1. The van der Waals surface area contributed by atoms with E-state index in [2.05, 4.69) is 48.9 Å². The average molecular weight is 537 g/mol. The number of halogens is 3. The molecule has 3 heterocycles. The quantitative estimate of drug-likeness (QED) is 0.282. The molecule has 0 atom stereocenters. The normalized spacial score (nSPS) is 18.5. The van der Waals surface area contributed by atoms with E-state index in [0.29, 0.717) is 5.69 Å². The Morgan fingerprint density at radius 2 is 1.84 bits per heavy atom. The van der Waals surface area contributed by atoms with E-state index in [9.17, 15) is 22.8 Å². The molecule has 0 unspecified atom stereocenters. The Morgan fingerprint density at radius 1 is 1.16 bits per heavy atom. The van der Waals surface area contributed by atoms with Crippen LogP contribution in [0.25, 0.3) is 17.6 Å². The van der Waals surface area contributed by atoms with Crippen LogP contribution in [-0.4, -0.2) is 70.0 Å². The molecule has 13 heteroatoms. The van der Waals surface area contributed by atoms with Crippen LogP contribution in [0, 0.1) is 0 Å². The molecule has 9 nitrogen and oxygen atoms in total. The van der Waals surface area contributed by atoms with Crippen molar-refractivity contribution in [3.63, 3.8) is 0 Å². The third-order valence-corrected chi connectivity index (χ3v) is 11.6. The zero-order valence-electron chi connectivity index (χ0n) is 21.8. The summed E-state index contributed by atoms with van der Waals surface area (Å²) in [5.74, 6) is -0.455. The fourth-order valence-electron chi connectivity index (χ4n) is 3.62. The summed E-state index contributed by atoms with van der Waals surface area (Å²) in [6.45, 7) is 10.9. The molecule has 0 aromatic carbocycles. The summed E-state index contributed by atoms with van der Waals surface area (Å²) in [6, 6.07) is 2.00. The van der Waals surface area contributed by atoms with E-state index >= 15 is 0 Å². The van der Waals surface area contributed by atoms with Gasteiger partial charge in [0.2, 0.25) is 0 Å². The first kappa shape index (κ1) is 27.0. The molecule has 0 bridgehead atoms. The molecule has 2 aliphatic rings. The Labute approximate surface area is 214 Å². The summed E-state index contributed by atoms with van der Waals surface area (Å²) >= 11 is 0. The average Bonchev–Trinajstić information content (AvgIpc) is 3.52. The van der Waals surface area contributed by atoms with Gasteiger partial charge in [0.25, 0.3) is 5.91 Å². The number of hydrogen-bond donors (Lipinski definition) is 0. The maximum atomic E-state index is 13.4. The molecular formula is C24H31F3N6O3Si. The van der Waals surface area contributed by atoms with Crippen LogP contribution >= 0.6 is 0 Å². The third-order valence-electron chi connectivity index (χ3n) is 7.07. The van der Waals surface area contributed by atoms with E-state index in [0.717, 1.165) is 23.8 Å². The van der Waals surface area contributed by atoms with Crippen LogP contribution in [0.1, 0.15) is 50.9 Å². The number of carbonyl (C=O) groups excluding carboxylic acids is 2. The van der Waals surface area contributed by atoms with Crippen LogP contribution in [0.3, 0.4) is 0 Å². The number of aromatic nitrogens is 4. The first-order valence-corrected chi connectivity index (χ1v) is 15.0. The highest BCUT2D eigenvalue weighted by Gasteiger charge is 2.41. The zero-order valence-corrected chi connectivity index (χ0v) is 22.8. The number of alkyl halides is 3. The number of amides is 3. The highest BCUT2D eigenvalue weighted by atomic mass is 28.4. The summed E-state index contributed by atoms with van der Waals surface area (Å²) < 4.78 is 47.6. The SMILES string of the molecule is CN1C(=O)C(=Cn2cnc(-c3cc(C4CC4)nc(C(F)(F)F)c3)n2)N(CCO[Si](C)(C)C(C)(C)C)C1=O. The predicted octanol–water partition coefficient (Wildman–Crippen LogP) is 4.95. The second-order valence-corrected chi connectivity index (χ2v) is 15.7. The van der Waals surface area contributed by atoms with Crippen molar-refractivity contribution in [3.8, 4) is 11.4 Å². The maximum absolute atomic E-state index is 13.4. The summed E-state index contributed by atoms with van der Waals surface area (Å²) in [7, 11) is -0.675. The van der Waals surface area contributed by atoms with Gasteiger partial charge < -0.3 is 4.43 Å². The van der Waals surface area contributed by atoms with Gasteiger partial charge in [-0.3, -0.25) is 14.6 Å². The first-order valence-electron chi connectivity index (χ1n) is 12.0. The van der Waals surface area contributed by atoms with Crippen LogP contribution in [0.15, 0.2) is 24.2 Å². The number of hydrogen-bond acceptors (Lipinski definition) is 6. The van der Waals surface area contributed by atoms with Gasteiger partial charge in [-0.2, -0.15) is 13.2 Å². The molecule has 1 aliphatic heterocycles. The van der Waals surface area contributed by atoms with Gasteiger partial charge in [-0.05, 0) is 43.1 Å². The molecule has 1 saturated heterocycles. The number of imide groups is 1. The molecule has 1 aliphatic carbocycles. The van der Waals surface area contributed by atoms with Crippen molar-refractivity contribution in [2.75, 3.05) is 20.2 Å². The molecule has 1 saturated carbocycles. The van der Waals surface area contributed by atoms with Gasteiger partial charge in [-0.1, -0.05) is 20.8 Å². The van der Waals surface area contributed by atoms with E-state index in [4.69, 9.17) is 4.43 Å². The molecule has 0 N–H and O–H groups in total. The summed E-state index contributed by atoms with van der Waals surface area (Å²) in [5.41, 5.74) is -0.363. The second kappa shape index (κ2) is 9.35. The van der Waals surface area contributed by atoms with Crippen LogP contribution in [0.5, 0.6) is 0 Å². The highest BCUT2D eigenvalue weighted by Crippen LogP contribution is 2.42. The van der Waals surface area contributed by atoms with Gasteiger partial charge in [0.1, 0.15) is 17.7 Å². The van der Waals surface area contributed by atoms with Gasteiger partial charge >= 0.3 is 12.2 Å². The molecule has 200 valence electrons. The van der Waals surface area contributed by atoms with Crippen molar-refractivity contribution in [2.24, 2.45) is 0 Å². The Bertz CT molecular complexity index is 1250. The van der Waals surface area contributed by atoms with Crippen molar-refractivity contribution in [2.45, 2.75) is 63.8 Å². The minimum Gasteiger partial charge on any atom is -0.415 e. The molecule has 0 spiro atoms. The fraction of sp³-hybridized carbons (Fsp3) is 0.542. The van der Waals surface area contributed by atoms with Gasteiger partial charge in [0.05, 0.1) is 19.4 Å². The molecule has 2 aromatic heterocycles. The van der Waals surface area contributed by atoms with Gasteiger partial charge in [0.15, 0.2) is 14.1 Å². The lowest BCUT2D eigenvalue weighted by Gasteiger charge is -2.36. The molecule has 2 fully saturated rings. The van der Waals surface area contributed by atoms with E-state index < -0.39 is 32.1 Å². The lowest BCUT2D eigenvalue weighted by atomic mass is 10.1. The van der Waals surface area contributed by atoms with Crippen LogP contribution in [-0.2, 0) is 15.4 Å². The van der Waals surface area contributed by atoms with E-state index in [1.807, 2.05) is 0 Å². The van der Waals surface area contributed by atoms with Crippen LogP contribution in [0.2, 0.25) is 18.1 Å². The lowest BCUT2D eigenvalue weighted by Crippen LogP contribution is -2.43. The van der Waals surface area contributed by atoms with Crippen molar-refractivity contribution in [1.29, 1.82) is 0 Å². The van der Waals surface area contributed by atoms with Gasteiger partial charge in [0, 0.05) is 24.2 Å². The molecule has 2 aromatic rings. The highest BCUT2D eigenvalue weighted by molar-refractivity contribution is 6.74. The van der Waals surface area contributed by atoms with E-state index in [1.165, 1.54) is 29.2 Å². The summed E-state index contributed by atoms with van der Waals surface area (Å²) in [5, 5.41) is 4.25. The smallest absolute Gasteiger partial charge is 0.415 e. The number of urea groups is 1. The third kappa shape index (κ3) is 5.61. The Hall–Kier alpha value is -3.06. The second-order valence-electron chi connectivity index (χ2n) is 10.9. The van der Waals surface area contributed by atoms with Crippen molar-refractivity contribution >= 4 is 26.5 Å². The Balaban J connectivity index is 1.59. The van der Waals surface area contributed by atoms with Crippen LogP contribution in [0.4, 0.5) is 18.0 Å². The number of carbonyl (C=O) groups is 2. The van der Waals surface area contributed by atoms with Crippen molar-refractivity contribution in [1.82, 2.24) is 29.5 Å². The minimum atomic E-state index is -4.60. The fourth-order valence-corrected chi connectivity index (χ4v) is 4.65. The molecule has 0 radical (unpaired) electrons. The van der Waals surface area contributed by atoms with Gasteiger partial charge in [-0.25, -0.2) is 19.4 Å². The van der Waals surface area contributed by atoms with E-state index in [1.54, 1.807) is 6.07 Å². The van der Waals surface area contributed by atoms with Crippen molar-refractivity contribution < 1.29 is 27.2 Å². The van der Waals surface area contributed by atoms with Gasteiger partial charge in [-0.15, -0.1) is 5.10 Å². The molecule has 37 heavy (non-hydrogen) atoms. The topological polar surface area (TPSA) is 93.5 Å². The Kier molecular flexibility index (Phi) is 6.82. The minimum absolute atomic E-state index is 0.00464. The number of nitrogens with zero attached hydrogens (tertiary/aromatic N) is 6. The Morgan fingerprint density at radius 3 is 2.43 bits per heavy atom. The zero-order chi connectivity index (χ0) is 27.3. The number of pyridine rings is 1. The molecular weight excluding hydrogens is 505 g/mol. The lowest BCUT2D eigenvalue weighted by molar-refractivity contribution is -0.141. The van der Waals surface area contributed by atoms with E-state index in [-0.39, 0.29) is 41.2 Å². The van der Waals surface area contributed by atoms with Crippen LogP contribution < -0.4 is 0 Å². The molecule has 4 rings (SSSR count).